The van der Waals surface area contributed by atoms with Gasteiger partial charge in [-0.15, -0.1) is 5.10 Å². The Balaban J connectivity index is 2.27. The Hall–Kier alpha value is -1.84. The molecule has 0 saturated heterocycles. The number of hydrogen-bond donors (Lipinski definition) is 1. The van der Waals surface area contributed by atoms with E-state index in [-0.39, 0.29) is 0 Å². The third-order valence-electron chi connectivity index (χ3n) is 2.18. The van der Waals surface area contributed by atoms with Gasteiger partial charge < -0.3 is 4.42 Å². The average molecular weight is 204 g/mol. The minimum Gasteiger partial charge on any atom is -0.388 e. The Morgan fingerprint density at radius 1 is 1.33 bits per heavy atom. The Kier molecular flexibility index (Phi) is 2.67. The molecule has 2 aromatic rings. The van der Waals surface area contributed by atoms with Crippen molar-refractivity contribution in [3.05, 3.63) is 40.4 Å². The van der Waals surface area contributed by atoms with E-state index >= 15 is 0 Å². The van der Waals surface area contributed by atoms with Crippen molar-refractivity contribution in [1.29, 1.82) is 0 Å². The van der Waals surface area contributed by atoms with Gasteiger partial charge in [0, 0.05) is 5.56 Å². The molecule has 0 radical (unpaired) electrons. The number of hydrogen-bond acceptors (Lipinski definition) is 3. The first kappa shape index (κ1) is 9.71. The minimum atomic E-state index is -0.525. The van der Waals surface area contributed by atoms with E-state index in [1.807, 2.05) is 24.3 Å². The number of nitrogens with zero attached hydrogens (tertiary/aromatic N) is 1. The number of aromatic nitrogens is 2. The highest BCUT2D eigenvalue weighted by Gasteiger charge is 2.04. The fourth-order valence-electron chi connectivity index (χ4n) is 1.46. The lowest BCUT2D eigenvalue weighted by molar-refractivity contribution is 0.527. The summed E-state index contributed by atoms with van der Waals surface area (Å²) in [6.45, 7) is 2.14. The van der Waals surface area contributed by atoms with Crippen molar-refractivity contribution in [2.45, 2.75) is 19.8 Å². The molecule has 4 heteroatoms. The van der Waals surface area contributed by atoms with E-state index in [2.05, 4.69) is 17.1 Å². The molecule has 0 unspecified atom stereocenters. The molecule has 4 nitrogen and oxygen atoms in total. The van der Waals surface area contributed by atoms with Crippen LogP contribution in [0.3, 0.4) is 0 Å². The highest BCUT2D eigenvalue weighted by atomic mass is 16.4. The maximum atomic E-state index is 10.7. The third kappa shape index (κ3) is 2.15. The Morgan fingerprint density at radius 3 is 2.60 bits per heavy atom. The highest BCUT2D eigenvalue weighted by Crippen LogP contribution is 2.16. The molecule has 78 valence electrons. The van der Waals surface area contributed by atoms with Gasteiger partial charge >= 0.3 is 5.76 Å². The number of aryl methyl sites for hydroxylation is 1. The van der Waals surface area contributed by atoms with Crippen molar-refractivity contribution < 1.29 is 4.42 Å². The maximum Gasteiger partial charge on any atom is 0.434 e. The Morgan fingerprint density at radius 2 is 2.07 bits per heavy atom. The van der Waals surface area contributed by atoms with Crippen LogP contribution in [-0.2, 0) is 6.42 Å². The van der Waals surface area contributed by atoms with Crippen LogP contribution >= 0.6 is 0 Å². The van der Waals surface area contributed by atoms with Crippen LogP contribution < -0.4 is 5.76 Å². The summed E-state index contributed by atoms with van der Waals surface area (Å²) >= 11 is 0. The van der Waals surface area contributed by atoms with Gasteiger partial charge in [0.15, 0.2) is 0 Å². The van der Waals surface area contributed by atoms with Gasteiger partial charge in [-0.2, -0.15) is 0 Å². The van der Waals surface area contributed by atoms with Crippen molar-refractivity contribution in [1.82, 2.24) is 10.2 Å². The zero-order chi connectivity index (χ0) is 10.7. The lowest BCUT2D eigenvalue weighted by Crippen LogP contribution is -1.93. The lowest BCUT2D eigenvalue weighted by Gasteiger charge is -1.98. The summed E-state index contributed by atoms with van der Waals surface area (Å²) < 4.78 is 4.85. The molecule has 0 spiro atoms. The van der Waals surface area contributed by atoms with E-state index in [4.69, 9.17) is 4.42 Å². The summed E-state index contributed by atoms with van der Waals surface area (Å²) in [5.74, 6) is -0.189. The second-order valence-corrected chi connectivity index (χ2v) is 3.37. The highest BCUT2D eigenvalue weighted by molar-refractivity contribution is 5.52. The molecular weight excluding hydrogens is 192 g/mol. The predicted octanol–water partition coefficient (Wildman–Crippen LogP) is 1.98. The average Bonchev–Trinajstić information content (AvgIpc) is 2.67. The molecule has 0 aliphatic rings. The molecule has 0 aliphatic carbocycles. The van der Waals surface area contributed by atoms with Crippen LogP contribution in [-0.4, -0.2) is 10.2 Å². The smallest absolute Gasteiger partial charge is 0.388 e. The Bertz CT molecular complexity index is 482. The summed E-state index contributed by atoms with van der Waals surface area (Å²) in [6.07, 6.45) is 2.18. The number of aromatic amines is 1. The molecular formula is C11H12N2O2. The number of H-pyrrole nitrogens is 1. The molecule has 0 amide bonds. The van der Waals surface area contributed by atoms with Crippen LogP contribution in [0.15, 0.2) is 33.5 Å². The lowest BCUT2D eigenvalue weighted by atomic mass is 10.1. The SMILES string of the molecule is CCCc1ccc(-c2n[nH]c(=O)o2)cc1. The molecule has 1 heterocycles. The first-order chi connectivity index (χ1) is 7.29. The first-order valence-corrected chi connectivity index (χ1v) is 4.94. The van der Waals surface area contributed by atoms with Gasteiger partial charge in [-0.25, -0.2) is 9.89 Å². The van der Waals surface area contributed by atoms with Crippen LogP contribution in [0.25, 0.3) is 11.5 Å². The van der Waals surface area contributed by atoms with Crippen molar-refractivity contribution in [3.63, 3.8) is 0 Å². The first-order valence-electron chi connectivity index (χ1n) is 4.94. The van der Waals surface area contributed by atoms with Gasteiger partial charge in [-0.05, 0) is 24.1 Å². The van der Waals surface area contributed by atoms with Gasteiger partial charge in [-0.1, -0.05) is 25.5 Å². The van der Waals surface area contributed by atoms with Gasteiger partial charge in [0.2, 0.25) is 5.89 Å². The maximum absolute atomic E-state index is 10.7. The molecule has 0 fully saturated rings. The zero-order valence-corrected chi connectivity index (χ0v) is 8.49. The van der Waals surface area contributed by atoms with Crippen LogP contribution in [0.4, 0.5) is 0 Å². The summed E-state index contributed by atoms with van der Waals surface area (Å²) in [4.78, 5) is 10.7. The monoisotopic (exact) mass is 204 g/mol. The summed E-state index contributed by atoms with van der Waals surface area (Å²) in [7, 11) is 0. The van der Waals surface area contributed by atoms with Crippen LogP contribution in [0.5, 0.6) is 0 Å². The van der Waals surface area contributed by atoms with Crippen LogP contribution in [0.2, 0.25) is 0 Å². The second kappa shape index (κ2) is 4.13. The summed E-state index contributed by atoms with van der Waals surface area (Å²) in [5, 5.41) is 5.99. The van der Waals surface area contributed by atoms with Gasteiger partial charge in [0.25, 0.3) is 0 Å². The molecule has 2 rings (SSSR count). The molecule has 1 aromatic heterocycles. The minimum absolute atomic E-state index is 0.336. The van der Waals surface area contributed by atoms with Crippen LogP contribution in [0.1, 0.15) is 18.9 Å². The molecule has 15 heavy (non-hydrogen) atoms. The fraction of sp³-hybridized carbons (Fsp3) is 0.273. The molecule has 1 aromatic carbocycles. The van der Waals surface area contributed by atoms with Crippen molar-refractivity contribution in [3.8, 4) is 11.5 Å². The fourth-order valence-corrected chi connectivity index (χ4v) is 1.46. The summed E-state index contributed by atoms with van der Waals surface area (Å²) in [5.41, 5.74) is 2.09. The topological polar surface area (TPSA) is 58.9 Å². The van der Waals surface area contributed by atoms with E-state index in [1.54, 1.807) is 0 Å². The van der Waals surface area contributed by atoms with Crippen molar-refractivity contribution in [2.24, 2.45) is 0 Å². The Labute approximate surface area is 86.9 Å². The molecule has 0 atom stereocenters. The van der Waals surface area contributed by atoms with Gasteiger partial charge in [0.1, 0.15) is 0 Å². The van der Waals surface area contributed by atoms with Gasteiger partial charge in [0.05, 0.1) is 0 Å². The van der Waals surface area contributed by atoms with E-state index in [0.29, 0.717) is 5.89 Å². The normalized spacial score (nSPS) is 10.5. The number of nitrogens with one attached hydrogen (secondary N) is 1. The third-order valence-corrected chi connectivity index (χ3v) is 2.18. The number of rotatable bonds is 3. The standard InChI is InChI=1S/C11H12N2O2/c1-2-3-8-4-6-9(7-5-8)10-12-13-11(14)15-10/h4-7H,2-3H2,1H3,(H,13,14). The second-order valence-electron chi connectivity index (χ2n) is 3.37. The molecule has 0 aliphatic heterocycles. The molecule has 0 bridgehead atoms. The molecule has 1 N–H and O–H groups in total. The van der Waals surface area contributed by atoms with E-state index in [1.165, 1.54) is 5.56 Å². The molecule has 0 saturated carbocycles. The van der Waals surface area contributed by atoms with Crippen molar-refractivity contribution >= 4 is 0 Å². The zero-order valence-electron chi connectivity index (χ0n) is 8.49. The largest absolute Gasteiger partial charge is 0.434 e. The summed E-state index contributed by atoms with van der Waals surface area (Å²) in [6, 6.07) is 7.86. The number of benzene rings is 1. The predicted molar refractivity (Wildman–Crippen MR) is 56.6 cm³/mol. The quantitative estimate of drug-likeness (QED) is 0.831. The van der Waals surface area contributed by atoms with E-state index in [9.17, 15) is 4.79 Å². The van der Waals surface area contributed by atoms with Gasteiger partial charge in [-0.3, -0.25) is 0 Å². The van der Waals surface area contributed by atoms with Crippen LogP contribution in [0, 0.1) is 0 Å². The van der Waals surface area contributed by atoms with Crippen molar-refractivity contribution in [2.75, 3.05) is 0 Å². The van der Waals surface area contributed by atoms with E-state index < -0.39 is 5.76 Å². The van der Waals surface area contributed by atoms with E-state index in [0.717, 1.165) is 18.4 Å².